The standard InChI is InChI=1S/C14H30N2O3/c1-6-15-14(3,13(17)18)9-7-8-10-16(4)12(2)11-19-5/h12,15H,6-11H2,1-5H3,(H,17,18). The first-order chi connectivity index (χ1) is 8.87. The molecule has 0 aliphatic rings. The van der Waals surface area contributed by atoms with Crippen molar-refractivity contribution in [3.8, 4) is 0 Å². The van der Waals surface area contributed by atoms with Gasteiger partial charge >= 0.3 is 5.97 Å². The Morgan fingerprint density at radius 2 is 2.11 bits per heavy atom. The fourth-order valence-corrected chi connectivity index (χ4v) is 2.09. The van der Waals surface area contributed by atoms with E-state index in [9.17, 15) is 9.90 Å². The van der Waals surface area contributed by atoms with Crippen molar-refractivity contribution in [3.05, 3.63) is 0 Å². The molecule has 0 aliphatic carbocycles. The molecule has 0 rings (SSSR count). The third-order valence-electron chi connectivity index (χ3n) is 3.64. The van der Waals surface area contributed by atoms with Gasteiger partial charge in [0.1, 0.15) is 5.54 Å². The second-order valence-electron chi connectivity index (χ2n) is 5.41. The highest BCUT2D eigenvalue weighted by atomic mass is 16.5. The van der Waals surface area contributed by atoms with Crippen LogP contribution in [0, 0.1) is 0 Å². The highest BCUT2D eigenvalue weighted by Gasteiger charge is 2.31. The number of unbranched alkanes of at least 4 members (excludes halogenated alkanes) is 1. The molecule has 0 spiro atoms. The Labute approximate surface area is 117 Å². The molecule has 2 unspecified atom stereocenters. The predicted molar refractivity (Wildman–Crippen MR) is 77.5 cm³/mol. The largest absolute Gasteiger partial charge is 0.480 e. The molecular weight excluding hydrogens is 244 g/mol. The van der Waals surface area contributed by atoms with Gasteiger partial charge in [0.25, 0.3) is 0 Å². The average Bonchev–Trinajstić information content (AvgIpc) is 2.34. The number of carbonyl (C=O) groups is 1. The maximum Gasteiger partial charge on any atom is 0.323 e. The number of hydrogen-bond acceptors (Lipinski definition) is 4. The summed E-state index contributed by atoms with van der Waals surface area (Å²) in [6, 6.07) is 0.393. The van der Waals surface area contributed by atoms with Crippen molar-refractivity contribution in [2.75, 3.05) is 33.9 Å². The fourth-order valence-electron chi connectivity index (χ4n) is 2.09. The highest BCUT2D eigenvalue weighted by molar-refractivity contribution is 5.78. The number of aliphatic carboxylic acids is 1. The minimum absolute atomic E-state index is 0.393. The number of carboxylic acids is 1. The number of methoxy groups -OCH3 is 1. The van der Waals surface area contributed by atoms with E-state index in [2.05, 4.69) is 24.2 Å². The van der Waals surface area contributed by atoms with Gasteiger partial charge in [0.15, 0.2) is 0 Å². The smallest absolute Gasteiger partial charge is 0.323 e. The normalized spacial score (nSPS) is 16.3. The number of nitrogens with zero attached hydrogens (tertiary/aromatic N) is 1. The molecule has 5 heteroatoms. The van der Waals surface area contributed by atoms with E-state index in [1.807, 2.05) is 6.92 Å². The molecule has 0 aromatic rings. The van der Waals surface area contributed by atoms with Crippen LogP contribution >= 0.6 is 0 Å². The number of rotatable bonds is 11. The van der Waals surface area contributed by atoms with Crippen LogP contribution in [0.5, 0.6) is 0 Å². The van der Waals surface area contributed by atoms with E-state index in [-0.39, 0.29) is 0 Å². The number of hydrogen-bond donors (Lipinski definition) is 2. The first-order valence-corrected chi connectivity index (χ1v) is 7.05. The highest BCUT2D eigenvalue weighted by Crippen LogP contribution is 2.14. The molecule has 19 heavy (non-hydrogen) atoms. The first kappa shape index (κ1) is 18.4. The molecule has 0 amide bonds. The van der Waals surface area contributed by atoms with Gasteiger partial charge < -0.3 is 20.1 Å². The Bertz CT molecular complexity index is 261. The van der Waals surface area contributed by atoms with E-state index >= 15 is 0 Å². The van der Waals surface area contributed by atoms with Crippen LogP contribution < -0.4 is 5.32 Å². The summed E-state index contributed by atoms with van der Waals surface area (Å²) < 4.78 is 5.12. The van der Waals surface area contributed by atoms with Gasteiger partial charge in [-0.2, -0.15) is 0 Å². The van der Waals surface area contributed by atoms with Crippen LogP contribution in [0.4, 0.5) is 0 Å². The number of nitrogens with one attached hydrogen (secondary N) is 1. The molecular formula is C14H30N2O3. The predicted octanol–water partition coefficient (Wildman–Crippen LogP) is 1.58. The van der Waals surface area contributed by atoms with Gasteiger partial charge in [0, 0.05) is 13.2 Å². The zero-order valence-corrected chi connectivity index (χ0v) is 13.0. The van der Waals surface area contributed by atoms with Gasteiger partial charge in [0.05, 0.1) is 6.61 Å². The molecule has 0 bridgehead atoms. The molecule has 0 saturated heterocycles. The van der Waals surface area contributed by atoms with E-state index in [1.54, 1.807) is 14.0 Å². The maximum absolute atomic E-state index is 11.2. The van der Waals surface area contributed by atoms with E-state index in [4.69, 9.17) is 4.74 Å². The molecule has 0 heterocycles. The van der Waals surface area contributed by atoms with Gasteiger partial charge in [-0.3, -0.25) is 4.79 Å². The second-order valence-corrected chi connectivity index (χ2v) is 5.41. The number of carboxylic acid groups (broad SMARTS) is 1. The van der Waals surface area contributed by atoms with Crippen LogP contribution in [0.25, 0.3) is 0 Å². The second kappa shape index (κ2) is 9.28. The molecule has 114 valence electrons. The molecule has 0 fully saturated rings. The molecule has 0 radical (unpaired) electrons. The third-order valence-corrected chi connectivity index (χ3v) is 3.64. The fraction of sp³-hybridized carbons (Fsp3) is 0.929. The van der Waals surface area contributed by atoms with Gasteiger partial charge in [-0.15, -0.1) is 0 Å². The SMILES string of the molecule is CCNC(C)(CCCCN(C)C(C)COC)C(=O)O. The van der Waals surface area contributed by atoms with E-state index in [0.717, 1.165) is 26.0 Å². The number of likely N-dealkylation sites (N-methyl/N-ethyl adjacent to an activating group) is 2. The van der Waals surface area contributed by atoms with E-state index in [1.165, 1.54) is 0 Å². The van der Waals surface area contributed by atoms with Crippen molar-refractivity contribution in [2.45, 2.75) is 51.6 Å². The summed E-state index contributed by atoms with van der Waals surface area (Å²) in [5, 5.41) is 12.3. The first-order valence-electron chi connectivity index (χ1n) is 7.05. The Morgan fingerprint density at radius 1 is 1.47 bits per heavy atom. The quantitative estimate of drug-likeness (QED) is 0.560. The van der Waals surface area contributed by atoms with Crippen LogP contribution in [0.3, 0.4) is 0 Å². The molecule has 5 nitrogen and oxygen atoms in total. The van der Waals surface area contributed by atoms with Crippen LogP contribution in [-0.2, 0) is 9.53 Å². The zero-order chi connectivity index (χ0) is 14.9. The van der Waals surface area contributed by atoms with Gasteiger partial charge in [-0.1, -0.05) is 6.92 Å². The Kier molecular flexibility index (Phi) is 8.97. The van der Waals surface area contributed by atoms with Crippen molar-refractivity contribution < 1.29 is 14.6 Å². The molecule has 0 aromatic carbocycles. The minimum Gasteiger partial charge on any atom is -0.480 e. The van der Waals surface area contributed by atoms with Crippen molar-refractivity contribution in [1.29, 1.82) is 0 Å². The lowest BCUT2D eigenvalue weighted by Crippen LogP contribution is -2.49. The van der Waals surface area contributed by atoms with Crippen molar-refractivity contribution in [2.24, 2.45) is 0 Å². The molecule has 2 N–H and O–H groups in total. The Hall–Kier alpha value is -0.650. The van der Waals surface area contributed by atoms with Gasteiger partial charge in [-0.25, -0.2) is 0 Å². The molecule has 0 saturated carbocycles. The van der Waals surface area contributed by atoms with Crippen molar-refractivity contribution in [1.82, 2.24) is 10.2 Å². The third kappa shape index (κ3) is 6.89. The molecule has 2 atom stereocenters. The Balaban J connectivity index is 3.98. The van der Waals surface area contributed by atoms with E-state index < -0.39 is 11.5 Å². The summed E-state index contributed by atoms with van der Waals surface area (Å²) in [6.07, 6.45) is 2.56. The lowest BCUT2D eigenvalue weighted by atomic mass is 9.95. The maximum atomic E-state index is 11.2. The van der Waals surface area contributed by atoms with Crippen LogP contribution in [0.1, 0.15) is 40.0 Å². The summed E-state index contributed by atoms with van der Waals surface area (Å²) in [4.78, 5) is 13.5. The summed E-state index contributed by atoms with van der Waals surface area (Å²) in [6.45, 7) is 8.18. The zero-order valence-electron chi connectivity index (χ0n) is 13.0. The summed E-state index contributed by atoms with van der Waals surface area (Å²) in [5.41, 5.74) is -0.800. The average molecular weight is 274 g/mol. The van der Waals surface area contributed by atoms with Gasteiger partial charge in [0.2, 0.25) is 0 Å². The summed E-state index contributed by atoms with van der Waals surface area (Å²) in [5.74, 6) is -0.768. The topological polar surface area (TPSA) is 61.8 Å². The van der Waals surface area contributed by atoms with Crippen LogP contribution in [-0.4, -0.2) is 61.4 Å². The Morgan fingerprint density at radius 3 is 2.58 bits per heavy atom. The molecule has 0 aliphatic heterocycles. The minimum atomic E-state index is -0.800. The summed E-state index contributed by atoms with van der Waals surface area (Å²) in [7, 11) is 3.78. The van der Waals surface area contributed by atoms with E-state index in [0.29, 0.717) is 19.0 Å². The molecule has 0 aromatic heterocycles. The monoisotopic (exact) mass is 274 g/mol. The lowest BCUT2D eigenvalue weighted by Gasteiger charge is -2.27. The van der Waals surface area contributed by atoms with Crippen LogP contribution in [0.2, 0.25) is 0 Å². The van der Waals surface area contributed by atoms with Gasteiger partial charge in [-0.05, 0) is 53.2 Å². The van der Waals surface area contributed by atoms with Crippen molar-refractivity contribution in [3.63, 3.8) is 0 Å². The summed E-state index contributed by atoms with van der Waals surface area (Å²) >= 11 is 0. The van der Waals surface area contributed by atoms with Crippen LogP contribution in [0.15, 0.2) is 0 Å². The number of ether oxygens (including phenoxy) is 1. The van der Waals surface area contributed by atoms with Crippen molar-refractivity contribution >= 4 is 5.97 Å². The lowest BCUT2D eigenvalue weighted by molar-refractivity contribution is -0.144.